The van der Waals surface area contributed by atoms with Crippen LogP contribution in [0, 0.1) is 0 Å². The van der Waals surface area contributed by atoms with E-state index in [-0.39, 0.29) is 5.56 Å². The van der Waals surface area contributed by atoms with Crippen LogP contribution in [0.25, 0.3) is 6.08 Å². The molecule has 1 aliphatic carbocycles. The number of anilines is 1. The Hall–Kier alpha value is -2.67. The number of nitrogens with one attached hydrogen (secondary N) is 2. The van der Waals surface area contributed by atoms with Gasteiger partial charge in [0.05, 0.1) is 17.6 Å². The molecule has 1 saturated heterocycles. The first kappa shape index (κ1) is 22.0. The van der Waals surface area contributed by atoms with Crippen LogP contribution < -0.4 is 16.6 Å². The number of hydrogen-bond acceptors (Lipinski definition) is 6. The van der Waals surface area contributed by atoms with Crippen molar-refractivity contribution in [2.75, 3.05) is 18.4 Å². The van der Waals surface area contributed by atoms with Crippen LogP contribution in [0.4, 0.5) is 5.69 Å². The molecule has 2 aromatic heterocycles. The zero-order valence-corrected chi connectivity index (χ0v) is 18.1. The van der Waals surface area contributed by atoms with Gasteiger partial charge in [-0.3, -0.25) is 14.7 Å². The van der Waals surface area contributed by atoms with Gasteiger partial charge in [-0.1, -0.05) is 19.9 Å². The van der Waals surface area contributed by atoms with Crippen LogP contribution in [0.15, 0.2) is 41.5 Å². The minimum atomic E-state index is -0.173. The second-order valence-electron chi connectivity index (χ2n) is 7.75. The maximum Gasteiger partial charge on any atom is 0.266 e. The SMILES string of the molecule is CC.N/C=C\c1cccc(C2CCC(N3CCC3CNc3cn[nH]c(=O)c3)CC2)n1. The van der Waals surface area contributed by atoms with E-state index >= 15 is 0 Å². The molecule has 0 aromatic carbocycles. The van der Waals surface area contributed by atoms with Crippen LogP contribution in [-0.4, -0.2) is 45.3 Å². The van der Waals surface area contributed by atoms with E-state index in [0.29, 0.717) is 18.0 Å². The summed E-state index contributed by atoms with van der Waals surface area (Å²) in [7, 11) is 0. The van der Waals surface area contributed by atoms with Crippen molar-refractivity contribution in [2.24, 2.45) is 5.73 Å². The summed E-state index contributed by atoms with van der Waals surface area (Å²) in [6, 6.07) is 8.96. The molecule has 4 N–H and O–H groups in total. The molecule has 1 atom stereocenters. The zero-order chi connectivity index (χ0) is 21.3. The van der Waals surface area contributed by atoms with Crippen molar-refractivity contribution in [3.63, 3.8) is 0 Å². The molecule has 1 aliphatic heterocycles. The predicted molar refractivity (Wildman–Crippen MR) is 122 cm³/mol. The molecule has 0 amide bonds. The highest BCUT2D eigenvalue weighted by Crippen LogP contribution is 2.37. The molecule has 0 spiro atoms. The summed E-state index contributed by atoms with van der Waals surface area (Å²) in [6.45, 7) is 6.03. The lowest BCUT2D eigenvalue weighted by molar-refractivity contribution is 0.0282. The van der Waals surface area contributed by atoms with Gasteiger partial charge in [0.25, 0.3) is 5.56 Å². The van der Waals surface area contributed by atoms with Gasteiger partial charge in [0.2, 0.25) is 0 Å². The highest BCUT2D eigenvalue weighted by atomic mass is 16.1. The highest BCUT2D eigenvalue weighted by molar-refractivity contribution is 5.44. The number of H-pyrrole nitrogens is 1. The third kappa shape index (κ3) is 5.48. The minimum absolute atomic E-state index is 0.173. The fraction of sp³-hybridized carbons (Fsp3) is 0.522. The number of aromatic amines is 1. The molecule has 1 unspecified atom stereocenters. The molecule has 7 nitrogen and oxygen atoms in total. The Morgan fingerprint density at radius 1 is 1.23 bits per heavy atom. The third-order valence-electron chi connectivity index (χ3n) is 6.04. The lowest BCUT2D eigenvalue weighted by Crippen LogP contribution is -2.56. The standard InChI is InChI=1S/C21H28N6O.C2H6/c22-10-8-16-2-1-3-20(25-16)15-4-6-18(7-5-15)27-11-9-19(27)14-23-17-12-21(28)26-24-13-17;1-2/h1-3,8,10,12-13,15,18-19H,4-7,9,11,14,22H2,(H2,23,26,28);1-2H3/b10-8-;. The first-order chi connectivity index (χ1) is 14.7. The van der Waals surface area contributed by atoms with Crippen LogP contribution in [0.5, 0.6) is 0 Å². The highest BCUT2D eigenvalue weighted by Gasteiger charge is 2.36. The fourth-order valence-electron chi connectivity index (χ4n) is 4.46. The van der Waals surface area contributed by atoms with Gasteiger partial charge >= 0.3 is 0 Å². The number of pyridine rings is 1. The van der Waals surface area contributed by atoms with Gasteiger partial charge in [-0.05, 0) is 56.5 Å². The van der Waals surface area contributed by atoms with Gasteiger partial charge in [-0.15, -0.1) is 0 Å². The molecule has 0 radical (unpaired) electrons. The Labute approximate surface area is 178 Å². The molecule has 2 aliphatic rings. The zero-order valence-electron chi connectivity index (χ0n) is 18.1. The normalized spacial score (nSPS) is 24.0. The Morgan fingerprint density at radius 2 is 2.03 bits per heavy atom. The minimum Gasteiger partial charge on any atom is -0.405 e. The summed E-state index contributed by atoms with van der Waals surface area (Å²) >= 11 is 0. The van der Waals surface area contributed by atoms with Gasteiger partial charge in [-0.25, -0.2) is 5.10 Å². The van der Waals surface area contributed by atoms with E-state index in [1.165, 1.54) is 44.3 Å². The summed E-state index contributed by atoms with van der Waals surface area (Å²) in [5.41, 5.74) is 8.24. The van der Waals surface area contributed by atoms with Gasteiger partial charge in [0, 0.05) is 42.9 Å². The van der Waals surface area contributed by atoms with E-state index in [4.69, 9.17) is 10.7 Å². The van der Waals surface area contributed by atoms with Gasteiger partial charge in [0.1, 0.15) is 0 Å². The van der Waals surface area contributed by atoms with Gasteiger partial charge < -0.3 is 11.1 Å². The van der Waals surface area contributed by atoms with Crippen molar-refractivity contribution in [3.8, 4) is 0 Å². The first-order valence-corrected chi connectivity index (χ1v) is 11.1. The molecule has 162 valence electrons. The Balaban J connectivity index is 0.00000124. The Kier molecular flexibility index (Phi) is 8.02. The van der Waals surface area contributed by atoms with E-state index in [0.717, 1.165) is 17.9 Å². The number of nitrogens with zero attached hydrogens (tertiary/aromatic N) is 3. The molecule has 3 heterocycles. The predicted octanol–water partition coefficient (Wildman–Crippen LogP) is 3.33. The summed E-state index contributed by atoms with van der Waals surface area (Å²) in [5, 5.41) is 9.60. The third-order valence-corrected chi connectivity index (χ3v) is 6.04. The van der Waals surface area contributed by atoms with Gasteiger partial charge in [0.15, 0.2) is 0 Å². The Bertz CT molecular complexity index is 872. The van der Waals surface area contributed by atoms with Crippen LogP contribution in [-0.2, 0) is 0 Å². The lowest BCUT2D eigenvalue weighted by Gasteiger charge is -2.48. The largest absolute Gasteiger partial charge is 0.405 e. The van der Waals surface area contributed by atoms with E-state index < -0.39 is 0 Å². The molecule has 4 rings (SSSR count). The quantitative estimate of drug-likeness (QED) is 0.675. The molecule has 1 saturated carbocycles. The average molecular weight is 411 g/mol. The molecule has 2 aromatic rings. The topological polar surface area (TPSA) is 99.9 Å². The van der Waals surface area contributed by atoms with Crippen LogP contribution in [0.1, 0.15) is 63.3 Å². The fourth-order valence-corrected chi connectivity index (χ4v) is 4.46. The van der Waals surface area contributed by atoms with Crippen molar-refractivity contribution in [2.45, 2.75) is 64.0 Å². The monoisotopic (exact) mass is 410 g/mol. The van der Waals surface area contributed by atoms with E-state index in [2.05, 4.69) is 32.5 Å². The van der Waals surface area contributed by atoms with Crippen molar-refractivity contribution in [1.82, 2.24) is 20.1 Å². The smallest absolute Gasteiger partial charge is 0.266 e. The van der Waals surface area contributed by atoms with E-state index in [9.17, 15) is 4.79 Å². The van der Waals surface area contributed by atoms with Gasteiger partial charge in [-0.2, -0.15) is 5.10 Å². The Morgan fingerprint density at radius 3 is 2.70 bits per heavy atom. The molecule has 2 fully saturated rings. The maximum absolute atomic E-state index is 11.4. The molecular weight excluding hydrogens is 376 g/mol. The summed E-state index contributed by atoms with van der Waals surface area (Å²) in [6.07, 6.45) is 11.1. The second-order valence-corrected chi connectivity index (χ2v) is 7.75. The second kappa shape index (κ2) is 10.9. The summed E-state index contributed by atoms with van der Waals surface area (Å²) in [4.78, 5) is 18.7. The van der Waals surface area contributed by atoms with E-state index in [1.54, 1.807) is 18.5 Å². The van der Waals surface area contributed by atoms with Crippen molar-refractivity contribution in [1.29, 1.82) is 0 Å². The maximum atomic E-state index is 11.4. The number of rotatable bonds is 6. The number of hydrogen-bond donors (Lipinski definition) is 3. The molecule has 7 heteroatoms. The van der Waals surface area contributed by atoms with Crippen LogP contribution in [0.3, 0.4) is 0 Å². The van der Waals surface area contributed by atoms with Crippen molar-refractivity contribution in [3.05, 3.63) is 58.4 Å². The number of nitrogens with two attached hydrogens (primary N) is 1. The first-order valence-electron chi connectivity index (χ1n) is 11.1. The molecular formula is C23H34N6O. The number of aromatic nitrogens is 3. The number of likely N-dealkylation sites (tertiary alicyclic amines) is 1. The van der Waals surface area contributed by atoms with Crippen molar-refractivity contribution >= 4 is 11.8 Å². The molecule has 0 bridgehead atoms. The van der Waals surface area contributed by atoms with Crippen LogP contribution in [0.2, 0.25) is 0 Å². The van der Waals surface area contributed by atoms with E-state index in [1.807, 2.05) is 26.0 Å². The average Bonchev–Trinajstić information content (AvgIpc) is 2.76. The molecule has 30 heavy (non-hydrogen) atoms. The van der Waals surface area contributed by atoms with Crippen LogP contribution >= 0.6 is 0 Å². The van der Waals surface area contributed by atoms with Crippen molar-refractivity contribution < 1.29 is 0 Å². The summed E-state index contributed by atoms with van der Waals surface area (Å²) in [5.74, 6) is 0.544. The summed E-state index contributed by atoms with van der Waals surface area (Å²) < 4.78 is 0. The lowest BCUT2D eigenvalue weighted by atomic mass is 9.81.